The van der Waals surface area contributed by atoms with Crippen LogP contribution in [0.1, 0.15) is 19.8 Å². The van der Waals surface area contributed by atoms with Crippen molar-refractivity contribution in [3.05, 3.63) is 0 Å². The van der Waals surface area contributed by atoms with Crippen LogP contribution in [0.4, 0.5) is 0 Å². The summed E-state index contributed by atoms with van der Waals surface area (Å²) >= 11 is 0. The predicted octanol–water partition coefficient (Wildman–Crippen LogP) is 0.119. The normalized spacial score (nSPS) is 19.6. The average molecular weight is 272 g/mol. The van der Waals surface area contributed by atoms with Gasteiger partial charge in [0, 0.05) is 19.5 Å². The third kappa shape index (κ3) is 6.02. The number of hydrogen-bond acceptors (Lipinski definition) is 5. The second-order valence-electron chi connectivity index (χ2n) is 4.94. The first-order valence-electron chi connectivity index (χ1n) is 6.67. The highest BCUT2D eigenvalue weighted by molar-refractivity contribution is 5.78. The van der Waals surface area contributed by atoms with Crippen LogP contribution in [0, 0.1) is 0 Å². The third-order valence-corrected chi connectivity index (χ3v) is 3.15. The summed E-state index contributed by atoms with van der Waals surface area (Å²) in [4.78, 5) is 26.8. The SMILES string of the molecule is COC(=O)CCCN(C)CC(=O)N1CCOC(C)C1. The topological polar surface area (TPSA) is 59.1 Å². The number of carbonyl (C=O) groups excluding carboxylic acids is 2. The molecule has 0 aromatic heterocycles. The molecule has 19 heavy (non-hydrogen) atoms. The number of hydrogen-bond donors (Lipinski definition) is 0. The van der Waals surface area contributed by atoms with Crippen LogP contribution in [0.3, 0.4) is 0 Å². The maximum absolute atomic E-state index is 12.0. The Morgan fingerprint density at radius 2 is 2.21 bits per heavy atom. The van der Waals surface area contributed by atoms with Gasteiger partial charge in [-0.1, -0.05) is 0 Å². The number of rotatable bonds is 6. The van der Waals surface area contributed by atoms with E-state index in [-0.39, 0.29) is 18.0 Å². The van der Waals surface area contributed by atoms with Gasteiger partial charge in [-0.3, -0.25) is 14.5 Å². The first kappa shape index (κ1) is 15.9. The zero-order valence-electron chi connectivity index (χ0n) is 12.1. The van der Waals surface area contributed by atoms with Gasteiger partial charge in [-0.25, -0.2) is 0 Å². The fraction of sp³-hybridized carbons (Fsp3) is 0.846. The number of nitrogens with zero attached hydrogens (tertiary/aromatic N) is 2. The summed E-state index contributed by atoms with van der Waals surface area (Å²) < 4.78 is 9.98. The molecule has 1 amide bonds. The highest BCUT2D eigenvalue weighted by Gasteiger charge is 2.21. The van der Waals surface area contributed by atoms with Gasteiger partial charge in [-0.2, -0.15) is 0 Å². The predicted molar refractivity (Wildman–Crippen MR) is 70.7 cm³/mol. The number of methoxy groups -OCH3 is 1. The fourth-order valence-electron chi connectivity index (χ4n) is 2.05. The minimum Gasteiger partial charge on any atom is -0.469 e. The second kappa shape index (κ2) is 8.12. The molecule has 0 spiro atoms. The van der Waals surface area contributed by atoms with Gasteiger partial charge in [0.2, 0.25) is 5.91 Å². The Morgan fingerprint density at radius 1 is 1.47 bits per heavy atom. The van der Waals surface area contributed by atoms with E-state index in [1.807, 2.05) is 23.8 Å². The number of morpholine rings is 1. The molecule has 0 aromatic rings. The van der Waals surface area contributed by atoms with Gasteiger partial charge in [0.05, 0.1) is 26.4 Å². The fourth-order valence-corrected chi connectivity index (χ4v) is 2.05. The smallest absolute Gasteiger partial charge is 0.305 e. The number of amides is 1. The van der Waals surface area contributed by atoms with Crippen LogP contribution in [0.15, 0.2) is 0 Å². The Balaban J connectivity index is 2.21. The van der Waals surface area contributed by atoms with E-state index in [1.54, 1.807) is 0 Å². The van der Waals surface area contributed by atoms with Gasteiger partial charge in [-0.05, 0) is 26.9 Å². The molecule has 0 saturated carbocycles. The average Bonchev–Trinajstić information content (AvgIpc) is 2.38. The molecule has 1 atom stereocenters. The Labute approximate surface area is 114 Å². The van der Waals surface area contributed by atoms with Crippen LogP contribution >= 0.6 is 0 Å². The van der Waals surface area contributed by atoms with E-state index < -0.39 is 0 Å². The van der Waals surface area contributed by atoms with E-state index in [1.165, 1.54) is 7.11 Å². The van der Waals surface area contributed by atoms with Crippen LogP contribution in [-0.2, 0) is 19.1 Å². The molecule has 0 aromatic carbocycles. The lowest BCUT2D eigenvalue weighted by molar-refractivity contribution is -0.140. The van der Waals surface area contributed by atoms with Crippen LogP contribution in [0.2, 0.25) is 0 Å². The molecule has 1 fully saturated rings. The van der Waals surface area contributed by atoms with Crippen LogP contribution < -0.4 is 0 Å². The second-order valence-corrected chi connectivity index (χ2v) is 4.94. The van der Waals surface area contributed by atoms with E-state index in [2.05, 4.69) is 4.74 Å². The molecule has 1 heterocycles. The lowest BCUT2D eigenvalue weighted by Crippen LogP contribution is -2.47. The number of ether oxygens (including phenoxy) is 2. The third-order valence-electron chi connectivity index (χ3n) is 3.15. The van der Waals surface area contributed by atoms with Crippen molar-refractivity contribution in [2.24, 2.45) is 0 Å². The zero-order valence-corrected chi connectivity index (χ0v) is 12.1. The molecule has 1 saturated heterocycles. The molecule has 6 heteroatoms. The molecule has 1 rings (SSSR count). The molecule has 1 unspecified atom stereocenters. The van der Waals surface area contributed by atoms with Crippen LogP contribution in [-0.4, -0.2) is 74.7 Å². The Morgan fingerprint density at radius 3 is 2.84 bits per heavy atom. The Hall–Kier alpha value is -1.14. The van der Waals surface area contributed by atoms with Gasteiger partial charge in [0.1, 0.15) is 0 Å². The molecule has 0 bridgehead atoms. The summed E-state index contributed by atoms with van der Waals surface area (Å²) in [5.41, 5.74) is 0. The van der Waals surface area contributed by atoms with E-state index >= 15 is 0 Å². The summed E-state index contributed by atoms with van der Waals surface area (Å²) in [5, 5.41) is 0. The molecule has 6 nitrogen and oxygen atoms in total. The van der Waals surface area contributed by atoms with Crippen molar-refractivity contribution in [3.63, 3.8) is 0 Å². The largest absolute Gasteiger partial charge is 0.469 e. The molecule has 1 aliphatic rings. The lowest BCUT2D eigenvalue weighted by atomic mass is 10.2. The number of carbonyl (C=O) groups is 2. The quantitative estimate of drug-likeness (QED) is 0.643. The Bertz CT molecular complexity index is 309. The summed E-state index contributed by atoms with van der Waals surface area (Å²) in [6, 6.07) is 0. The minimum atomic E-state index is -0.207. The van der Waals surface area contributed by atoms with Gasteiger partial charge in [-0.15, -0.1) is 0 Å². The van der Waals surface area contributed by atoms with Gasteiger partial charge >= 0.3 is 5.97 Å². The van der Waals surface area contributed by atoms with E-state index in [0.717, 1.165) is 0 Å². The molecule has 0 N–H and O–H groups in total. The van der Waals surface area contributed by atoms with Crippen LogP contribution in [0.25, 0.3) is 0 Å². The van der Waals surface area contributed by atoms with E-state index in [4.69, 9.17) is 4.74 Å². The van der Waals surface area contributed by atoms with Crippen molar-refractivity contribution in [1.29, 1.82) is 0 Å². The van der Waals surface area contributed by atoms with Crippen molar-refractivity contribution in [3.8, 4) is 0 Å². The number of esters is 1. The van der Waals surface area contributed by atoms with Gasteiger partial charge < -0.3 is 14.4 Å². The maximum atomic E-state index is 12.0. The van der Waals surface area contributed by atoms with E-state index in [0.29, 0.717) is 45.6 Å². The van der Waals surface area contributed by atoms with Crippen molar-refractivity contribution in [2.75, 3.05) is 46.9 Å². The van der Waals surface area contributed by atoms with Gasteiger partial charge in [0.25, 0.3) is 0 Å². The highest BCUT2D eigenvalue weighted by Crippen LogP contribution is 2.05. The lowest BCUT2D eigenvalue weighted by Gasteiger charge is -2.32. The highest BCUT2D eigenvalue weighted by atomic mass is 16.5. The molecule has 110 valence electrons. The molecule has 0 radical (unpaired) electrons. The monoisotopic (exact) mass is 272 g/mol. The van der Waals surface area contributed by atoms with Crippen molar-refractivity contribution < 1.29 is 19.1 Å². The minimum absolute atomic E-state index is 0.113. The van der Waals surface area contributed by atoms with Crippen molar-refractivity contribution in [1.82, 2.24) is 9.80 Å². The standard InChI is InChI=1S/C13H24N2O4/c1-11-9-15(7-8-19-11)12(16)10-14(2)6-4-5-13(17)18-3/h11H,4-10H2,1-3H3. The molecular weight excluding hydrogens is 248 g/mol. The first-order chi connectivity index (χ1) is 9.02. The summed E-state index contributed by atoms with van der Waals surface area (Å²) in [6.45, 7) is 5.00. The first-order valence-corrected chi connectivity index (χ1v) is 6.67. The molecular formula is C13H24N2O4. The van der Waals surface area contributed by atoms with Crippen molar-refractivity contribution in [2.45, 2.75) is 25.9 Å². The van der Waals surface area contributed by atoms with Gasteiger partial charge in [0.15, 0.2) is 0 Å². The van der Waals surface area contributed by atoms with Crippen molar-refractivity contribution >= 4 is 11.9 Å². The summed E-state index contributed by atoms with van der Waals surface area (Å²) in [5.74, 6) is -0.0857. The zero-order chi connectivity index (χ0) is 14.3. The van der Waals surface area contributed by atoms with E-state index in [9.17, 15) is 9.59 Å². The number of likely N-dealkylation sites (N-methyl/N-ethyl adjacent to an activating group) is 1. The molecule has 0 aliphatic carbocycles. The summed E-state index contributed by atoms with van der Waals surface area (Å²) in [6.07, 6.45) is 1.21. The molecule has 1 aliphatic heterocycles. The van der Waals surface area contributed by atoms with Crippen LogP contribution in [0.5, 0.6) is 0 Å². The summed E-state index contributed by atoms with van der Waals surface area (Å²) in [7, 11) is 3.27. The Kier molecular flexibility index (Phi) is 6.80. The maximum Gasteiger partial charge on any atom is 0.305 e.